The van der Waals surface area contributed by atoms with Gasteiger partial charge in [0.15, 0.2) is 11.5 Å². The standard InChI is InChI=1S/C23H25N9O/c24-21-13-25-12-20(28-21)18-11-16(30-7-9-31(10-8-30)17-14-33-15-17)1-2-19(18)29-22-23-27-4-6-32(23)5-3-26-22/h1-6,11-13,17H,7-10,14-15H2,(H2,24,28)(H,26,29). The molecule has 2 aliphatic heterocycles. The Bertz CT molecular complexity index is 1280. The number of aromatic nitrogens is 5. The van der Waals surface area contributed by atoms with Crippen molar-refractivity contribution in [2.45, 2.75) is 6.04 Å². The number of ether oxygens (including phenoxy) is 1. The molecule has 10 nitrogen and oxygen atoms in total. The van der Waals surface area contributed by atoms with Crippen molar-refractivity contribution >= 4 is 28.7 Å². The zero-order chi connectivity index (χ0) is 22.2. The lowest BCUT2D eigenvalue weighted by Gasteiger charge is -2.43. The molecule has 168 valence electrons. The van der Waals surface area contributed by atoms with Crippen LogP contribution in [0.25, 0.3) is 16.9 Å². The molecule has 1 aromatic carbocycles. The Kier molecular flexibility index (Phi) is 5.00. The SMILES string of the molecule is Nc1cncc(-c2cc(N3CCN(C4COC4)CC3)ccc2Nc2nccn3ccnc23)n1. The summed E-state index contributed by atoms with van der Waals surface area (Å²) in [6, 6.07) is 6.93. The van der Waals surface area contributed by atoms with E-state index in [1.54, 1.807) is 24.8 Å². The maximum Gasteiger partial charge on any atom is 0.180 e. The fraction of sp³-hybridized carbons (Fsp3) is 0.304. The maximum absolute atomic E-state index is 5.96. The summed E-state index contributed by atoms with van der Waals surface area (Å²) in [7, 11) is 0. The average molecular weight is 444 g/mol. The molecule has 0 amide bonds. The van der Waals surface area contributed by atoms with E-state index in [2.05, 4.69) is 53.3 Å². The molecule has 0 bridgehead atoms. The van der Waals surface area contributed by atoms with E-state index < -0.39 is 0 Å². The van der Waals surface area contributed by atoms with Crippen molar-refractivity contribution in [3.05, 3.63) is 55.4 Å². The third kappa shape index (κ3) is 3.83. The van der Waals surface area contributed by atoms with Crippen molar-refractivity contribution < 1.29 is 4.74 Å². The maximum atomic E-state index is 5.96. The third-order valence-corrected chi connectivity index (χ3v) is 6.31. The number of nitrogens with two attached hydrogens (primary N) is 1. The molecule has 2 fully saturated rings. The largest absolute Gasteiger partial charge is 0.382 e. The van der Waals surface area contributed by atoms with Crippen LogP contribution in [0, 0.1) is 0 Å². The molecule has 3 N–H and O–H groups in total. The van der Waals surface area contributed by atoms with Crippen molar-refractivity contribution in [1.82, 2.24) is 29.2 Å². The van der Waals surface area contributed by atoms with Crippen molar-refractivity contribution in [1.29, 1.82) is 0 Å². The second kappa shape index (κ2) is 8.30. The van der Waals surface area contributed by atoms with Crippen molar-refractivity contribution in [3.8, 4) is 11.3 Å². The highest BCUT2D eigenvalue weighted by atomic mass is 16.5. The van der Waals surface area contributed by atoms with Gasteiger partial charge in [-0.3, -0.25) is 9.88 Å². The first-order chi connectivity index (χ1) is 16.2. The van der Waals surface area contributed by atoms with Gasteiger partial charge in [0.25, 0.3) is 0 Å². The van der Waals surface area contributed by atoms with Gasteiger partial charge in [-0.1, -0.05) is 0 Å². The van der Waals surface area contributed by atoms with Crippen LogP contribution >= 0.6 is 0 Å². The topological polar surface area (TPSA) is 110 Å². The van der Waals surface area contributed by atoms with E-state index in [9.17, 15) is 0 Å². The number of anilines is 4. The van der Waals surface area contributed by atoms with E-state index >= 15 is 0 Å². The number of nitrogens with zero attached hydrogens (tertiary/aromatic N) is 7. The Morgan fingerprint density at radius 1 is 1.00 bits per heavy atom. The highest BCUT2D eigenvalue weighted by Crippen LogP contribution is 2.34. The molecule has 6 rings (SSSR count). The quantitative estimate of drug-likeness (QED) is 0.479. The van der Waals surface area contributed by atoms with E-state index in [0.717, 1.165) is 62.0 Å². The van der Waals surface area contributed by atoms with Crippen LogP contribution in [-0.2, 0) is 4.74 Å². The Morgan fingerprint density at radius 3 is 2.58 bits per heavy atom. The fourth-order valence-corrected chi connectivity index (χ4v) is 4.41. The highest BCUT2D eigenvalue weighted by Gasteiger charge is 2.29. The van der Waals surface area contributed by atoms with Gasteiger partial charge in [0.05, 0.1) is 37.3 Å². The lowest BCUT2D eigenvalue weighted by atomic mass is 10.1. The summed E-state index contributed by atoms with van der Waals surface area (Å²) in [4.78, 5) is 22.6. The van der Waals surface area contributed by atoms with Gasteiger partial charge in [0, 0.05) is 67.9 Å². The van der Waals surface area contributed by atoms with Crippen LogP contribution in [-0.4, -0.2) is 74.7 Å². The summed E-state index contributed by atoms with van der Waals surface area (Å²) in [5.74, 6) is 1.05. The van der Waals surface area contributed by atoms with Crippen LogP contribution in [0.2, 0.25) is 0 Å². The molecular weight excluding hydrogens is 418 g/mol. The first kappa shape index (κ1) is 19.9. The molecule has 2 aliphatic rings. The van der Waals surface area contributed by atoms with Crippen molar-refractivity contribution in [3.63, 3.8) is 0 Å². The summed E-state index contributed by atoms with van der Waals surface area (Å²) >= 11 is 0. The number of rotatable bonds is 5. The van der Waals surface area contributed by atoms with Gasteiger partial charge < -0.3 is 25.1 Å². The lowest BCUT2D eigenvalue weighted by molar-refractivity contribution is -0.0660. The normalized spacial score (nSPS) is 17.3. The zero-order valence-electron chi connectivity index (χ0n) is 18.1. The minimum atomic E-state index is 0.383. The molecule has 0 saturated carbocycles. The smallest absolute Gasteiger partial charge is 0.180 e. The van der Waals surface area contributed by atoms with E-state index in [0.29, 0.717) is 23.4 Å². The minimum absolute atomic E-state index is 0.383. The van der Waals surface area contributed by atoms with Gasteiger partial charge in [0.1, 0.15) is 5.82 Å². The van der Waals surface area contributed by atoms with E-state index in [4.69, 9.17) is 10.5 Å². The van der Waals surface area contributed by atoms with Crippen LogP contribution in [0.3, 0.4) is 0 Å². The van der Waals surface area contributed by atoms with E-state index in [1.807, 2.05) is 16.8 Å². The number of nitrogens with one attached hydrogen (secondary N) is 1. The van der Waals surface area contributed by atoms with Crippen molar-refractivity contribution in [2.24, 2.45) is 0 Å². The van der Waals surface area contributed by atoms with E-state index in [1.165, 1.54) is 0 Å². The molecular formula is C23H25N9O. The Balaban J connectivity index is 1.33. The summed E-state index contributed by atoms with van der Waals surface area (Å²) in [6.45, 7) is 5.73. The average Bonchev–Trinajstić information content (AvgIpc) is 3.29. The summed E-state index contributed by atoms with van der Waals surface area (Å²) in [5, 5.41) is 3.44. The third-order valence-electron chi connectivity index (χ3n) is 6.31. The van der Waals surface area contributed by atoms with Crippen LogP contribution in [0.15, 0.2) is 55.4 Å². The Morgan fingerprint density at radius 2 is 1.82 bits per heavy atom. The summed E-state index contributed by atoms with van der Waals surface area (Å²) < 4.78 is 7.29. The number of hydrogen-bond donors (Lipinski definition) is 2. The number of piperazine rings is 1. The molecule has 0 aliphatic carbocycles. The van der Waals surface area contributed by atoms with Gasteiger partial charge in [-0.05, 0) is 18.2 Å². The number of benzene rings is 1. The summed E-state index contributed by atoms with van der Waals surface area (Å²) in [5.41, 5.74) is 10.3. The monoisotopic (exact) mass is 443 g/mol. The van der Waals surface area contributed by atoms with Gasteiger partial charge in [0.2, 0.25) is 0 Å². The molecule has 2 saturated heterocycles. The lowest BCUT2D eigenvalue weighted by Crippen LogP contribution is -2.56. The van der Waals surface area contributed by atoms with Gasteiger partial charge in [-0.15, -0.1) is 0 Å². The first-order valence-corrected chi connectivity index (χ1v) is 11.1. The molecule has 3 aromatic heterocycles. The van der Waals surface area contributed by atoms with E-state index in [-0.39, 0.29) is 0 Å². The van der Waals surface area contributed by atoms with Crippen molar-refractivity contribution in [2.75, 3.05) is 55.3 Å². The van der Waals surface area contributed by atoms with Crippen LogP contribution < -0.4 is 16.0 Å². The Labute approximate surface area is 191 Å². The van der Waals surface area contributed by atoms with Gasteiger partial charge in [-0.2, -0.15) is 0 Å². The number of imidazole rings is 1. The number of fused-ring (bicyclic) bond motifs is 1. The molecule has 33 heavy (non-hydrogen) atoms. The number of nitrogen functional groups attached to an aromatic ring is 1. The minimum Gasteiger partial charge on any atom is -0.382 e. The second-order valence-electron chi connectivity index (χ2n) is 8.33. The van der Waals surface area contributed by atoms with Crippen LogP contribution in [0.5, 0.6) is 0 Å². The molecule has 0 unspecified atom stereocenters. The van der Waals surface area contributed by atoms with Gasteiger partial charge in [-0.25, -0.2) is 15.0 Å². The molecule has 0 spiro atoms. The summed E-state index contributed by atoms with van der Waals surface area (Å²) in [6.07, 6.45) is 10.6. The van der Waals surface area contributed by atoms with Gasteiger partial charge >= 0.3 is 0 Å². The molecule has 0 atom stereocenters. The first-order valence-electron chi connectivity index (χ1n) is 11.1. The molecule has 10 heteroatoms. The molecule has 5 heterocycles. The Hall–Kier alpha value is -3.76. The van der Waals surface area contributed by atoms with Crippen LogP contribution in [0.4, 0.5) is 23.0 Å². The predicted molar refractivity (Wildman–Crippen MR) is 127 cm³/mol. The highest BCUT2D eigenvalue weighted by molar-refractivity contribution is 5.84. The molecule has 0 radical (unpaired) electrons. The fourth-order valence-electron chi connectivity index (χ4n) is 4.41. The predicted octanol–water partition coefficient (Wildman–Crippen LogP) is 2.03. The molecule has 4 aromatic rings. The number of hydrogen-bond acceptors (Lipinski definition) is 9. The second-order valence-corrected chi connectivity index (χ2v) is 8.33. The zero-order valence-corrected chi connectivity index (χ0v) is 18.1. The van der Waals surface area contributed by atoms with Crippen LogP contribution in [0.1, 0.15) is 0 Å².